The number of anilines is 2. The number of allylic oxidation sites excluding steroid dienone is 1. The topological polar surface area (TPSA) is 129 Å². The van der Waals surface area contributed by atoms with Crippen LogP contribution in [-0.2, 0) is 4.79 Å². The summed E-state index contributed by atoms with van der Waals surface area (Å²) in [6.45, 7) is 1.94. The number of hydrogen-bond acceptors (Lipinski definition) is 5. The van der Waals surface area contributed by atoms with Crippen molar-refractivity contribution in [2.75, 3.05) is 17.7 Å². The zero-order valence-corrected chi connectivity index (χ0v) is 16.3. The van der Waals surface area contributed by atoms with Gasteiger partial charge in [0.1, 0.15) is 12.4 Å². The second kappa shape index (κ2) is 7.75. The van der Waals surface area contributed by atoms with Crippen molar-refractivity contribution in [1.29, 1.82) is 5.41 Å². The van der Waals surface area contributed by atoms with Crippen LogP contribution in [0.15, 0.2) is 59.3 Å². The summed E-state index contributed by atoms with van der Waals surface area (Å²) in [6, 6.07) is 11.5. The first-order valence-corrected chi connectivity index (χ1v) is 9.38. The first-order chi connectivity index (χ1) is 14.5. The van der Waals surface area contributed by atoms with Crippen molar-refractivity contribution in [1.82, 2.24) is 10.6 Å². The zero-order valence-electron chi connectivity index (χ0n) is 16.3. The van der Waals surface area contributed by atoms with Gasteiger partial charge >= 0.3 is 6.03 Å². The van der Waals surface area contributed by atoms with Crippen LogP contribution in [0, 0.1) is 5.41 Å². The highest BCUT2D eigenvalue weighted by atomic mass is 16.5. The predicted octanol–water partition coefficient (Wildman–Crippen LogP) is 2.64. The number of para-hydroxylation sites is 1. The summed E-state index contributed by atoms with van der Waals surface area (Å²) in [5.74, 6) is 0.389. The van der Waals surface area contributed by atoms with Crippen molar-refractivity contribution in [3.8, 4) is 5.75 Å². The number of benzene rings is 2. The van der Waals surface area contributed by atoms with Crippen LogP contribution in [0.25, 0.3) is 6.08 Å². The molecule has 2 aromatic carbocycles. The van der Waals surface area contributed by atoms with Crippen molar-refractivity contribution in [2.24, 2.45) is 0 Å². The number of nitrogens with two attached hydrogens (primary N) is 1. The normalized spacial score (nSPS) is 17.7. The Bertz CT molecular complexity index is 1120. The first-order valence-electron chi connectivity index (χ1n) is 9.38. The van der Waals surface area contributed by atoms with Crippen LogP contribution in [0.5, 0.6) is 5.75 Å². The van der Waals surface area contributed by atoms with Crippen LogP contribution in [0.3, 0.4) is 0 Å². The Morgan fingerprint density at radius 3 is 2.90 bits per heavy atom. The van der Waals surface area contributed by atoms with Gasteiger partial charge in [-0.1, -0.05) is 18.2 Å². The number of nitrogen functional groups attached to an aromatic ring is 1. The lowest BCUT2D eigenvalue weighted by atomic mass is 9.92. The maximum Gasteiger partial charge on any atom is 0.319 e. The molecule has 1 atom stereocenters. The van der Waals surface area contributed by atoms with E-state index in [2.05, 4.69) is 16.0 Å². The number of urea groups is 1. The second-order valence-corrected chi connectivity index (χ2v) is 7.06. The average molecular weight is 403 g/mol. The summed E-state index contributed by atoms with van der Waals surface area (Å²) in [5.41, 5.74) is 9.78. The SMILES string of the molecule is CC1=C(C(=O)Nc2ccc(N)c(C=N)c2)C(C2=Cc3ccccc3OC2)NC(=O)N1. The molecule has 0 bridgehead atoms. The molecule has 0 fully saturated rings. The molecule has 1 unspecified atom stereocenters. The Hall–Kier alpha value is -4.07. The van der Waals surface area contributed by atoms with Crippen molar-refractivity contribution < 1.29 is 14.3 Å². The van der Waals surface area contributed by atoms with Crippen molar-refractivity contribution in [3.63, 3.8) is 0 Å². The first kappa shape index (κ1) is 19.3. The van der Waals surface area contributed by atoms with Crippen LogP contribution in [0.2, 0.25) is 0 Å². The average Bonchev–Trinajstić information content (AvgIpc) is 2.74. The van der Waals surface area contributed by atoms with Crippen molar-refractivity contribution in [3.05, 3.63) is 70.4 Å². The van der Waals surface area contributed by atoms with Gasteiger partial charge in [-0.3, -0.25) is 4.79 Å². The Morgan fingerprint density at radius 2 is 2.10 bits per heavy atom. The van der Waals surface area contributed by atoms with E-state index in [4.69, 9.17) is 15.9 Å². The number of carbonyl (C=O) groups is 2. The third-order valence-electron chi connectivity index (χ3n) is 5.04. The fourth-order valence-corrected chi connectivity index (χ4v) is 3.55. The minimum absolute atomic E-state index is 0.256. The van der Waals surface area contributed by atoms with E-state index in [0.29, 0.717) is 28.2 Å². The maximum atomic E-state index is 13.2. The van der Waals surface area contributed by atoms with Crippen LogP contribution in [0.1, 0.15) is 18.1 Å². The maximum absolute atomic E-state index is 13.2. The van der Waals surface area contributed by atoms with Gasteiger partial charge in [0.05, 0.1) is 11.6 Å². The largest absolute Gasteiger partial charge is 0.489 e. The Balaban J connectivity index is 1.67. The molecular weight excluding hydrogens is 382 g/mol. The Kier molecular flexibility index (Phi) is 4.97. The lowest BCUT2D eigenvalue weighted by Crippen LogP contribution is -2.52. The van der Waals surface area contributed by atoms with E-state index in [1.165, 1.54) is 0 Å². The lowest BCUT2D eigenvalue weighted by Gasteiger charge is -2.31. The van der Waals surface area contributed by atoms with Crippen molar-refractivity contribution in [2.45, 2.75) is 13.0 Å². The number of amides is 3. The molecule has 0 saturated carbocycles. The van der Waals surface area contributed by atoms with E-state index in [-0.39, 0.29) is 18.5 Å². The molecule has 6 N–H and O–H groups in total. The third kappa shape index (κ3) is 3.62. The fourth-order valence-electron chi connectivity index (χ4n) is 3.55. The summed E-state index contributed by atoms with van der Waals surface area (Å²) in [4.78, 5) is 25.3. The van der Waals surface area contributed by atoms with Gasteiger partial charge in [0.25, 0.3) is 5.91 Å². The molecule has 2 aliphatic heterocycles. The number of ether oxygens (including phenoxy) is 1. The highest BCUT2D eigenvalue weighted by Gasteiger charge is 2.33. The Morgan fingerprint density at radius 1 is 1.30 bits per heavy atom. The standard InChI is InChI=1S/C22H21N5O3/c1-12-19(21(28)26-16-6-7-17(24)14(9-16)10-23)20(27-22(29)25-12)15-8-13-4-2-3-5-18(13)30-11-15/h2-10,20,23H,11,24H2,1H3,(H,26,28)(H2,25,27,29). The third-order valence-corrected chi connectivity index (χ3v) is 5.04. The van der Waals surface area contributed by atoms with Gasteiger partial charge in [0, 0.05) is 34.4 Å². The molecule has 2 heterocycles. The van der Waals surface area contributed by atoms with Gasteiger partial charge in [-0.25, -0.2) is 4.79 Å². The molecule has 0 aliphatic carbocycles. The molecule has 0 radical (unpaired) electrons. The van der Waals surface area contributed by atoms with Gasteiger partial charge in [-0.05, 0) is 42.8 Å². The molecule has 4 rings (SSSR count). The number of fused-ring (bicyclic) bond motifs is 1. The number of rotatable bonds is 4. The van der Waals surface area contributed by atoms with E-state index >= 15 is 0 Å². The molecule has 30 heavy (non-hydrogen) atoms. The second-order valence-electron chi connectivity index (χ2n) is 7.06. The predicted molar refractivity (Wildman–Crippen MR) is 115 cm³/mol. The van der Waals surface area contributed by atoms with E-state index in [0.717, 1.165) is 23.1 Å². The summed E-state index contributed by atoms with van der Waals surface area (Å²) in [5, 5.41) is 15.7. The molecular formula is C22H21N5O3. The summed E-state index contributed by atoms with van der Waals surface area (Å²) < 4.78 is 5.82. The quantitative estimate of drug-likeness (QED) is 0.397. The summed E-state index contributed by atoms with van der Waals surface area (Å²) in [6.07, 6.45) is 3.06. The number of nitrogens with one attached hydrogen (secondary N) is 4. The molecule has 0 spiro atoms. The summed E-state index contributed by atoms with van der Waals surface area (Å²) >= 11 is 0. The highest BCUT2D eigenvalue weighted by Crippen LogP contribution is 2.30. The number of carbonyl (C=O) groups excluding carboxylic acids is 2. The van der Waals surface area contributed by atoms with E-state index in [1.54, 1.807) is 25.1 Å². The molecule has 152 valence electrons. The van der Waals surface area contributed by atoms with Crippen LogP contribution in [0.4, 0.5) is 16.2 Å². The lowest BCUT2D eigenvalue weighted by molar-refractivity contribution is -0.113. The number of hydrogen-bond donors (Lipinski definition) is 5. The molecule has 8 heteroatoms. The van der Waals surface area contributed by atoms with Gasteiger partial charge < -0.3 is 31.8 Å². The van der Waals surface area contributed by atoms with Gasteiger partial charge in [-0.2, -0.15) is 0 Å². The van der Waals surface area contributed by atoms with E-state index < -0.39 is 6.04 Å². The molecule has 3 amide bonds. The van der Waals surface area contributed by atoms with Crippen molar-refractivity contribution >= 4 is 35.6 Å². The van der Waals surface area contributed by atoms with Gasteiger partial charge in [-0.15, -0.1) is 0 Å². The van der Waals surface area contributed by atoms with E-state index in [1.807, 2.05) is 30.3 Å². The molecule has 0 aromatic heterocycles. The Labute approximate surface area is 173 Å². The van der Waals surface area contributed by atoms with E-state index in [9.17, 15) is 9.59 Å². The fraction of sp³-hybridized carbons (Fsp3) is 0.136. The van der Waals surface area contributed by atoms with Crippen LogP contribution in [-0.4, -0.2) is 30.8 Å². The molecule has 2 aliphatic rings. The minimum atomic E-state index is -0.636. The minimum Gasteiger partial charge on any atom is -0.489 e. The van der Waals surface area contributed by atoms with Gasteiger partial charge in [0.2, 0.25) is 0 Å². The zero-order chi connectivity index (χ0) is 21.3. The molecule has 2 aromatic rings. The summed E-state index contributed by atoms with van der Waals surface area (Å²) in [7, 11) is 0. The molecule has 0 saturated heterocycles. The van der Waals surface area contributed by atoms with Crippen LogP contribution < -0.4 is 26.4 Å². The smallest absolute Gasteiger partial charge is 0.319 e. The monoisotopic (exact) mass is 403 g/mol. The molecule has 8 nitrogen and oxygen atoms in total. The van der Waals surface area contributed by atoms with Gasteiger partial charge in [0.15, 0.2) is 0 Å². The van der Waals surface area contributed by atoms with Crippen LogP contribution >= 0.6 is 0 Å². The highest BCUT2D eigenvalue weighted by molar-refractivity contribution is 6.08.